The molecule has 4 heterocycles. The Bertz CT molecular complexity index is 3110. The summed E-state index contributed by atoms with van der Waals surface area (Å²) < 4.78 is 29.6. The van der Waals surface area contributed by atoms with E-state index in [2.05, 4.69) is 22.9 Å². The van der Waals surface area contributed by atoms with Gasteiger partial charge in [0.25, 0.3) is 17.4 Å². The minimum atomic E-state index is -0.948. The van der Waals surface area contributed by atoms with Crippen LogP contribution in [-0.2, 0) is 48.3 Å². The highest BCUT2D eigenvalue weighted by Gasteiger charge is 2.25. The summed E-state index contributed by atoms with van der Waals surface area (Å²) in [5, 5.41) is 10.5. The number of rotatable bonds is 21. The summed E-state index contributed by atoms with van der Waals surface area (Å²) in [4.78, 5) is 97.5. The number of nitrogens with zero attached hydrogens (tertiary/aromatic N) is 4. The van der Waals surface area contributed by atoms with Gasteiger partial charge in [0, 0.05) is 85.8 Å². The average molecular weight is 1010 g/mol. The molecule has 8 rings (SSSR count). The van der Waals surface area contributed by atoms with Gasteiger partial charge >= 0.3 is 6.09 Å². The first-order valence-corrected chi connectivity index (χ1v) is 24.2. The number of anilines is 1. The number of nitrogens with one attached hydrogen (secondary N) is 3. The van der Waals surface area contributed by atoms with Crippen LogP contribution in [0.5, 0.6) is 23.0 Å². The summed E-state index contributed by atoms with van der Waals surface area (Å²) in [5.74, 6) is -0.170. The maximum atomic E-state index is 14.3. The second-order valence-electron chi connectivity index (χ2n) is 17.5. The Balaban J connectivity index is 0.00000193. The third-order valence-corrected chi connectivity index (χ3v) is 12.3. The number of amides is 6. The van der Waals surface area contributed by atoms with E-state index < -0.39 is 23.9 Å². The molecule has 0 bridgehead atoms. The van der Waals surface area contributed by atoms with Crippen LogP contribution < -0.4 is 46.2 Å². The van der Waals surface area contributed by atoms with Gasteiger partial charge < -0.3 is 54.8 Å². The Kier molecular flexibility index (Phi) is 18.2. The van der Waals surface area contributed by atoms with Crippen molar-refractivity contribution in [2.75, 3.05) is 59.6 Å². The minimum Gasteiger partial charge on any atom is -0.493 e. The zero-order valence-corrected chi connectivity index (χ0v) is 41.8. The molecule has 0 fully saturated rings. The van der Waals surface area contributed by atoms with Crippen molar-refractivity contribution in [3.8, 4) is 23.0 Å². The van der Waals surface area contributed by atoms with Crippen LogP contribution in [0.1, 0.15) is 50.2 Å². The number of benzene rings is 4. The van der Waals surface area contributed by atoms with Crippen molar-refractivity contribution >= 4 is 73.9 Å². The number of nitrogens with two attached hydrogens (primary N) is 1. The molecule has 0 saturated heterocycles. The van der Waals surface area contributed by atoms with E-state index in [1.54, 1.807) is 66.3 Å². The van der Waals surface area contributed by atoms with Gasteiger partial charge in [-0.05, 0) is 67.3 Å². The molecule has 0 unspecified atom stereocenters. The van der Waals surface area contributed by atoms with Crippen LogP contribution in [-0.4, -0.2) is 115 Å². The molecule has 74 heavy (non-hydrogen) atoms. The number of fused-ring (bicyclic) bond motifs is 6. The van der Waals surface area contributed by atoms with E-state index in [4.69, 9.17) is 34.4 Å². The third-order valence-electron chi connectivity index (χ3n) is 12.3. The molecule has 0 radical (unpaired) electrons. The number of hydrogen-bond donors (Lipinski definition) is 4. The van der Waals surface area contributed by atoms with Crippen molar-refractivity contribution in [3.05, 3.63) is 119 Å². The Hall–Kier alpha value is -8.52. The number of methoxy groups -OCH3 is 2. The van der Waals surface area contributed by atoms with Crippen LogP contribution in [0.4, 0.5) is 10.5 Å². The van der Waals surface area contributed by atoms with Gasteiger partial charge in [0.1, 0.15) is 12.6 Å². The van der Waals surface area contributed by atoms with Crippen molar-refractivity contribution in [2.45, 2.75) is 64.6 Å². The molecule has 0 aliphatic carbocycles. The van der Waals surface area contributed by atoms with Crippen LogP contribution in [0.15, 0.2) is 102 Å². The lowest BCUT2D eigenvalue weighted by Gasteiger charge is -2.20. The van der Waals surface area contributed by atoms with E-state index >= 15 is 0 Å². The molecule has 5 N–H and O–H groups in total. The highest BCUT2D eigenvalue weighted by Crippen LogP contribution is 2.40. The lowest BCUT2D eigenvalue weighted by atomic mass is 10.0. The highest BCUT2D eigenvalue weighted by atomic mass is 16.7. The van der Waals surface area contributed by atoms with E-state index in [0.717, 1.165) is 23.4 Å². The van der Waals surface area contributed by atoms with E-state index in [-0.39, 0.29) is 75.7 Å². The molecule has 4 aromatic carbocycles. The molecule has 2 aromatic heterocycles. The summed E-state index contributed by atoms with van der Waals surface area (Å²) in [5.41, 5.74) is 7.79. The van der Waals surface area contributed by atoms with E-state index in [1.807, 2.05) is 30.3 Å². The molecule has 1 atom stereocenters. The second-order valence-corrected chi connectivity index (χ2v) is 17.5. The van der Waals surface area contributed by atoms with Gasteiger partial charge in [-0.1, -0.05) is 55.8 Å². The van der Waals surface area contributed by atoms with Crippen LogP contribution in [0.25, 0.3) is 32.6 Å². The quantitative estimate of drug-likeness (QED) is 0.0404. The average Bonchev–Trinajstić information content (AvgIpc) is 4.02. The topological polar surface area (TPSA) is 252 Å². The predicted octanol–water partition coefficient (Wildman–Crippen LogP) is 5.34. The first kappa shape index (κ1) is 53.3. The first-order valence-electron chi connectivity index (χ1n) is 24.2. The summed E-state index contributed by atoms with van der Waals surface area (Å²) in [6.07, 6.45) is 6.60. The molecule has 0 spiro atoms. The minimum absolute atomic E-state index is 0.0627. The fourth-order valence-electron chi connectivity index (χ4n) is 8.28. The van der Waals surface area contributed by atoms with Crippen LogP contribution in [0.2, 0.25) is 0 Å². The summed E-state index contributed by atoms with van der Waals surface area (Å²) >= 11 is 0. The molecule has 6 aromatic rings. The summed E-state index contributed by atoms with van der Waals surface area (Å²) in [6.45, 7) is 2.97. The smallest absolute Gasteiger partial charge is 0.409 e. The van der Waals surface area contributed by atoms with Crippen molar-refractivity contribution in [1.29, 1.82) is 0 Å². The van der Waals surface area contributed by atoms with Crippen LogP contribution >= 0.6 is 0 Å². The summed E-state index contributed by atoms with van der Waals surface area (Å²) in [6, 6.07) is 21.8. The molecule has 6 amide bonds. The lowest BCUT2D eigenvalue weighted by molar-refractivity contribution is -0.137. The standard InChI is InChI=1S/C51H51N7O12.C3H9N/c1-56(20-21-58-48-36-25-42-43(70-30-69-42)26-38(36)52-27-37(48)34-23-40(66-2)41(67-3)24-35(34)50(58)64)51(65)68-29-32-13-15-33(16-14-32)54-45(60)28-53-49(63)39(22-31-10-6-4-7-11-31)55-44(59)12-8-5-9-19-57-46(61)17-18-47(57)62;1-2-3-4/h4,6-7,10-11,13-18,23-27,39H,5,8-9,12,19-22,28-30H2,1-3H3,(H,53,63)(H,54,60)(H,55,59);2-4H2,1H3/t39-;/m0./s1. The number of ether oxygens (including phenoxy) is 5. The van der Waals surface area contributed by atoms with Gasteiger partial charge in [-0.3, -0.25) is 38.7 Å². The van der Waals surface area contributed by atoms with E-state index in [0.29, 0.717) is 86.1 Å². The second kappa shape index (κ2) is 25.2. The number of hydrogen-bond acceptors (Lipinski definition) is 14. The van der Waals surface area contributed by atoms with Crippen LogP contribution in [0.3, 0.4) is 0 Å². The Morgan fingerprint density at radius 1 is 0.797 bits per heavy atom. The predicted molar refractivity (Wildman–Crippen MR) is 277 cm³/mol. The van der Waals surface area contributed by atoms with Crippen molar-refractivity contribution < 1.29 is 52.5 Å². The van der Waals surface area contributed by atoms with Gasteiger partial charge in [0.05, 0.1) is 37.2 Å². The number of imide groups is 1. The lowest BCUT2D eigenvalue weighted by Crippen LogP contribution is -2.49. The maximum absolute atomic E-state index is 14.3. The van der Waals surface area contributed by atoms with Gasteiger partial charge in [0.2, 0.25) is 24.5 Å². The Labute approximate surface area is 426 Å². The van der Waals surface area contributed by atoms with E-state index in [1.165, 1.54) is 31.3 Å². The number of pyridine rings is 2. The fourth-order valence-corrected chi connectivity index (χ4v) is 8.28. The molecule has 20 nitrogen and oxygen atoms in total. The molecule has 2 aliphatic rings. The number of carbonyl (C=O) groups is 6. The molecule has 2 aliphatic heterocycles. The number of likely N-dealkylation sites (N-methyl/N-ethyl adjacent to an activating group) is 1. The van der Waals surface area contributed by atoms with Crippen LogP contribution in [0, 0.1) is 0 Å². The van der Waals surface area contributed by atoms with Gasteiger partial charge in [-0.25, -0.2) is 4.79 Å². The number of unbranched alkanes of at least 4 members (excludes halogenated alkanes) is 2. The third kappa shape index (κ3) is 13.1. The molecular formula is C54H60N8O12. The van der Waals surface area contributed by atoms with Gasteiger partial charge in [-0.2, -0.15) is 0 Å². The molecule has 20 heteroatoms. The molecular weight excluding hydrogens is 953 g/mol. The SMILES string of the molecule is CCCN.COc1cc2c(=O)n(CCN(C)C(=O)OCc3ccc(NC(=O)CNC(=O)[C@H](Cc4ccccc4)NC(=O)CCCCCN4C(=O)C=CC4=O)cc3)c3c4cc5c(cc4ncc3c2cc1OC)OCO5. The largest absolute Gasteiger partial charge is 0.493 e. The Morgan fingerprint density at radius 2 is 1.47 bits per heavy atom. The van der Waals surface area contributed by atoms with Crippen molar-refractivity contribution in [1.82, 2.24) is 30.0 Å². The highest BCUT2D eigenvalue weighted by molar-refractivity contribution is 6.15. The van der Waals surface area contributed by atoms with Crippen molar-refractivity contribution in [2.24, 2.45) is 5.73 Å². The molecule has 388 valence electrons. The Morgan fingerprint density at radius 3 is 2.15 bits per heavy atom. The van der Waals surface area contributed by atoms with Gasteiger partial charge in [-0.15, -0.1) is 0 Å². The fraction of sp³-hybridized carbons (Fsp3) is 0.333. The molecule has 0 saturated carbocycles. The number of carbonyl (C=O) groups excluding carboxylic acids is 6. The van der Waals surface area contributed by atoms with Gasteiger partial charge in [0.15, 0.2) is 23.0 Å². The maximum Gasteiger partial charge on any atom is 0.409 e. The number of aromatic nitrogens is 2. The zero-order valence-electron chi connectivity index (χ0n) is 41.8. The zero-order chi connectivity index (χ0) is 52.7. The first-order chi connectivity index (χ1) is 35.8. The van der Waals surface area contributed by atoms with E-state index in [9.17, 15) is 33.6 Å². The monoisotopic (exact) mass is 1010 g/mol. The van der Waals surface area contributed by atoms with Crippen molar-refractivity contribution in [3.63, 3.8) is 0 Å². The normalized spacial score (nSPS) is 12.9. The summed E-state index contributed by atoms with van der Waals surface area (Å²) in [7, 11) is 4.59.